The summed E-state index contributed by atoms with van der Waals surface area (Å²) in [6.45, 7) is 1.78. The lowest BCUT2D eigenvalue weighted by Crippen LogP contribution is -1.98. The van der Waals surface area contributed by atoms with Crippen LogP contribution < -0.4 is 0 Å². The zero-order valence-corrected chi connectivity index (χ0v) is 11.0. The lowest BCUT2D eigenvalue weighted by atomic mass is 10.1. The second kappa shape index (κ2) is 4.68. The summed E-state index contributed by atoms with van der Waals surface area (Å²) in [5.41, 5.74) is 2.05. The Balaban J connectivity index is 2.36. The number of nitrogens with zero attached hydrogens (tertiary/aromatic N) is 5. The second-order valence-corrected chi connectivity index (χ2v) is 4.51. The molecular weight excluding hydrogens is 270 g/mol. The van der Waals surface area contributed by atoms with E-state index in [4.69, 9.17) is 5.26 Å². The van der Waals surface area contributed by atoms with Crippen molar-refractivity contribution in [3.63, 3.8) is 0 Å². The Kier molecular flexibility index (Phi) is 2.84. The van der Waals surface area contributed by atoms with E-state index in [1.807, 2.05) is 6.07 Å². The summed E-state index contributed by atoms with van der Waals surface area (Å²) in [6, 6.07) is 10.1. The molecule has 0 amide bonds. The van der Waals surface area contributed by atoms with E-state index in [2.05, 4.69) is 10.2 Å². The van der Waals surface area contributed by atoms with Gasteiger partial charge in [-0.15, -0.1) is 10.2 Å². The third-order valence-electron chi connectivity index (χ3n) is 3.20. The Morgan fingerprint density at radius 3 is 2.81 bits per heavy atom. The maximum Gasteiger partial charge on any atom is 0.280 e. The number of nitro groups is 1. The highest BCUT2D eigenvalue weighted by Gasteiger charge is 2.21. The van der Waals surface area contributed by atoms with Gasteiger partial charge in [0.25, 0.3) is 5.69 Å². The molecule has 0 atom stereocenters. The first-order chi connectivity index (χ1) is 10.1. The Morgan fingerprint density at radius 2 is 2.10 bits per heavy atom. The molecule has 1 aromatic carbocycles. The number of nitro benzene ring substituents is 1. The van der Waals surface area contributed by atoms with E-state index in [1.54, 1.807) is 41.8 Å². The van der Waals surface area contributed by atoms with Crippen molar-refractivity contribution in [2.45, 2.75) is 6.92 Å². The topological polar surface area (TPSA) is 97.1 Å². The van der Waals surface area contributed by atoms with Gasteiger partial charge in [0.15, 0.2) is 11.5 Å². The van der Waals surface area contributed by atoms with Crippen LogP contribution in [0, 0.1) is 28.4 Å². The molecule has 2 heterocycles. The molecule has 3 rings (SSSR count). The zero-order valence-electron chi connectivity index (χ0n) is 11.0. The molecule has 2 aromatic heterocycles. The van der Waals surface area contributed by atoms with Gasteiger partial charge in [0, 0.05) is 12.3 Å². The van der Waals surface area contributed by atoms with Crippen molar-refractivity contribution >= 4 is 11.3 Å². The van der Waals surface area contributed by atoms with E-state index < -0.39 is 4.92 Å². The second-order valence-electron chi connectivity index (χ2n) is 4.51. The number of benzene rings is 1. The van der Waals surface area contributed by atoms with Crippen LogP contribution in [0.2, 0.25) is 0 Å². The number of aromatic nitrogens is 3. The largest absolute Gasteiger partial charge is 0.281 e. The Morgan fingerprint density at radius 1 is 1.29 bits per heavy atom. The predicted molar refractivity (Wildman–Crippen MR) is 74.5 cm³/mol. The summed E-state index contributed by atoms with van der Waals surface area (Å²) < 4.78 is 1.59. The van der Waals surface area contributed by atoms with Crippen LogP contribution in [0.3, 0.4) is 0 Å². The average Bonchev–Trinajstić information content (AvgIpc) is 2.89. The Labute approximate surface area is 119 Å². The highest BCUT2D eigenvalue weighted by Crippen LogP contribution is 2.31. The van der Waals surface area contributed by atoms with Gasteiger partial charge in [-0.2, -0.15) is 5.26 Å². The maximum atomic E-state index is 11.2. The summed E-state index contributed by atoms with van der Waals surface area (Å²) >= 11 is 0. The summed E-state index contributed by atoms with van der Waals surface area (Å²) in [7, 11) is 0. The molecule has 102 valence electrons. The van der Waals surface area contributed by atoms with Gasteiger partial charge >= 0.3 is 0 Å². The highest BCUT2D eigenvalue weighted by atomic mass is 16.6. The monoisotopic (exact) mass is 279 g/mol. The molecule has 7 nitrogen and oxygen atoms in total. The van der Waals surface area contributed by atoms with Crippen LogP contribution in [0.4, 0.5) is 5.69 Å². The van der Waals surface area contributed by atoms with Crippen molar-refractivity contribution < 1.29 is 4.92 Å². The molecule has 0 N–H and O–H groups in total. The van der Waals surface area contributed by atoms with Crippen molar-refractivity contribution in [2.75, 3.05) is 0 Å². The first kappa shape index (κ1) is 12.7. The molecule has 0 fully saturated rings. The van der Waals surface area contributed by atoms with Gasteiger partial charge in [-0.25, -0.2) is 0 Å². The van der Waals surface area contributed by atoms with E-state index in [0.29, 0.717) is 22.6 Å². The number of hydrogen-bond acceptors (Lipinski definition) is 5. The van der Waals surface area contributed by atoms with Crippen molar-refractivity contribution in [3.05, 3.63) is 57.8 Å². The van der Waals surface area contributed by atoms with Gasteiger partial charge in [0.05, 0.1) is 10.5 Å². The first-order valence-corrected chi connectivity index (χ1v) is 6.11. The summed E-state index contributed by atoms with van der Waals surface area (Å²) in [6.07, 6.45) is 1.57. The number of rotatable bonds is 2. The summed E-state index contributed by atoms with van der Waals surface area (Å²) in [5, 5.41) is 28.2. The fourth-order valence-electron chi connectivity index (χ4n) is 2.22. The Hall–Kier alpha value is -3.27. The minimum Gasteiger partial charge on any atom is -0.281 e. The molecule has 0 saturated heterocycles. The molecule has 3 aromatic rings. The van der Waals surface area contributed by atoms with E-state index >= 15 is 0 Å². The van der Waals surface area contributed by atoms with Crippen molar-refractivity contribution in [1.29, 1.82) is 5.26 Å². The maximum absolute atomic E-state index is 11.2. The molecule has 21 heavy (non-hydrogen) atoms. The van der Waals surface area contributed by atoms with Crippen molar-refractivity contribution in [1.82, 2.24) is 14.6 Å². The Bertz CT molecular complexity index is 907. The minimum atomic E-state index is -0.447. The SMILES string of the molecule is Cc1cccc([N+](=O)[O-])c1-c1nnc2ccc(C#N)cn12. The standard InChI is InChI=1S/C14H9N5O2/c1-9-3-2-4-11(19(20)21)13(9)14-17-16-12-6-5-10(7-15)8-18(12)14/h2-6,8H,1H3. The van der Waals surface area contributed by atoms with Gasteiger partial charge in [-0.1, -0.05) is 12.1 Å². The minimum absolute atomic E-state index is 0.0355. The fourth-order valence-corrected chi connectivity index (χ4v) is 2.22. The zero-order chi connectivity index (χ0) is 15.0. The van der Waals surface area contributed by atoms with E-state index in [0.717, 1.165) is 5.56 Å². The molecule has 0 aliphatic carbocycles. The van der Waals surface area contributed by atoms with E-state index in [9.17, 15) is 10.1 Å². The van der Waals surface area contributed by atoms with Gasteiger partial charge < -0.3 is 0 Å². The lowest BCUT2D eigenvalue weighted by molar-refractivity contribution is -0.384. The molecule has 7 heteroatoms. The summed E-state index contributed by atoms with van der Waals surface area (Å²) in [4.78, 5) is 10.8. The van der Waals surface area contributed by atoms with Gasteiger partial charge in [-0.05, 0) is 24.6 Å². The summed E-state index contributed by atoms with van der Waals surface area (Å²) in [5.74, 6) is 0.354. The third-order valence-corrected chi connectivity index (χ3v) is 3.20. The molecule has 0 radical (unpaired) electrons. The molecule has 0 aliphatic rings. The molecule has 0 aliphatic heterocycles. The lowest BCUT2D eigenvalue weighted by Gasteiger charge is -2.05. The fraction of sp³-hybridized carbons (Fsp3) is 0.0714. The normalized spacial score (nSPS) is 10.5. The first-order valence-electron chi connectivity index (χ1n) is 6.11. The van der Waals surface area contributed by atoms with Gasteiger partial charge in [0.2, 0.25) is 0 Å². The van der Waals surface area contributed by atoms with Crippen molar-refractivity contribution in [2.24, 2.45) is 0 Å². The number of nitriles is 1. The van der Waals surface area contributed by atoms with Crippen LogP contribution in [0.1, 0.15) is 11.1 Å². The van der Waals surface area contributed by atoms with Crippen LogP contribution in [0.25, 0.3) is 17.0 Å². The van der Waals surface area contributed by atoms with Crippen LogP contribution in [0.15, 0.2) is 36.5 Å². The van der Waals surface area contributed by atoms with Crippen LogP contribution in [-0.4, -0.2) is 19.5 Å². The predicted octanol–water partition coefficient (Wildman–Crippen LogP) is 2.48. The molecule has 0 spiro atoms. The number of fused-ring (bicyclic) bond motifs is 1. The van der Waals surface area contributed by atoms with Crippen LogP contribution >= 0.6 is 0 Å². The van der Waals surface area contributed by atoms with Crippen LogP contribution in [-0.2, 0) is 0 Å². The van der Waals surface area contributed by atoms with Gasteiger partial charge in [0.1, 0.15) is 11.6 Å². The number of aryl methyl sites for hydroxylation is 1. The molecule has 0 saturated carbocycles. The molecule has 0 unspecified atom stereocenters. The van der Waals surface area contributed by atoms with E-state index in [1.165, 1.54) is 6.07 Å². The highest BCUT2D eigenvalue weighted by molar-refractivity contribution is 5.73. The molecular formula is C14H9N5O2. The van der Waals surface area contributed by atoms with Gasteiger partial charge in [-0.3, -0.25) is 14.5 Å². The van der Waals surface area contributed by atoms with Crippen LogP contribution in [0.5, 0.6) is 0 Å². The van der Waals surface area contributed by atoms with E-state index in [-0.39, 0.29) is 5.69 Å². The smallest absolute Gasteiger partial charge is 0.280 e. The average molecular weight is 279 g/mol. The number of pyridine rings is 1. The van der Waals surface area contributed by atoms with Crippen molar-refractivity contribution in [3.8, 4) is 17.5 Å². The third kappa shape index (κ3) is 1.99. The quantitative estimate of drug-likeness (QED) is 0.530. The number of hydrogen-bond donors (Lipinski definition) is 0. The molecule has 0 bridgehead atoms.